The van der Waals surface area contributed by atoms with Crippen LogP contribution in [0.3, 0.4) is 0 Å². The van der Waals surface area contributed by atoms with Crippen molar-refractivity contribution < 1.29 is 0 Å². The molecule has 0 N–H and O–H groups in total. The molecule has 0 spiro atoms. The van der Waals surface area contributed by atoms with E-state index in [0.717, 1.165) is 0 Å². The lowest BCUT2D eigenvalue weighted by atomic mass is 10.5. The first-order chi connectivity index (χ1) is 3.77. The highest BCUT2D eigenvalue weighted by molar-refractivity contribution is 8.15. The van der Waals surface area contributed by atoms with Crippen LogP contribution in [0.4, 0.5) is 0 Å². The third-order valence-corrected chi connectivity index (χ3v) is 6.93. The summed E-state index contributed by atoms with van der Waals surface area (Å²) in [6.07, 6.45) is 6.95. The maximum atomic E-state index is 5.44. The molecular formula is C6H13PS. The van der Waals surface area contributed by atoms with E-state index in [9.17, 15) is 0 Å². The first-order valence-corrected chi connectivity index (χ1v) is 6.70. The lowest BCUT2D eigenvalue weighted by molar-refractivity contribution is 0.977. The Morgan fingerprint density at radius 1 is 1.50 bits per heavy atom. The Balaban J connectivity index is 2.31. The van der Waals surface area contributed by atoms with Gasteiger partial charge in [0.05, 0.1) is 0 Å². The molecule has 2 heteroatoms. The van der Waals surface area contributed by atoms with Gasteiger partial charge in [0.15, 0.2) is 0 Å². The Bertz CT molecular complexity index is 112. The Labute approximate surface area is 56.7 Å². The van der Waals surface area contributed by atoms with E-state index in [2.05, 4.69) is 6.92 Å². The van der Waals surface area contributed by atoms with E-state index in [4.69, 9.17) is 11.8 Å². The van der Waals surface area contributed by atoms with Gasteiger partial charge in [-0.15, -0.1) is 0 Å². The quantitative estimate of drug-likeness (QED) is 0.541. The summed E-state index contributed by atoms with van der Waals surface area (Å²) >= 11 is 5.44. The fourth-order valence-electron chi connectivity index (χ4n) is 1.14. The molecule has 0 bridgehead atoms. The summed E-state index contributed by atoms with van der Waals surface area (Å²) in [7, 11) is 0. The van der Waals surface area contributed by atoms with Crippen LogP contribution in [-0.2, 0) is 11.8 Å². The molecule has 0 nitrogen and oxygen atoms in total. The van der Waals surface area contributed by atoms with E-state index in [1.807, 2.05) is 0 Å². The number of hydrogen-bond acceptors (Lipinski definition) is 1. The summed E-state index contributed by atoms with van der Waals surface area (Å²) in [4.78, 5) is 0. The van der Waals surface area contributed by atoms with E-state index >= 15 is 0 Å². The van der Waals surface area contributed by atoms with Gasteiger partial charge < -0.3 is 0 Å². The number of rotatable bonds is 2. The molecule has 8 heavy (non-hydrogen) atoms. The van der Waals surface area contributed by atoms with Gasteiger partial charge in [0.1, 0.15) is 0 Å². The maximum Gasteiger partial charge on any atom is -0.0231 e. The van der Waals surface area contributed by atoms with Crippen molar-refractivity contribution in [2.24, 2.45) is 0 Å². The van der Waals surface area contributed by atoms with Crippen LogP contribution in [0, 0.1) is 0 Å². The smallest absolute Gasteiger partial charge is 0.0231 e. The molecule has 0 radical (unpaired) electrons. The van der Waals surface area contributed by atoms with Crippen molar-refractivity contribution in [3.05, 3.63) is 0 Å². The molecular weight excluding hydrogens is 135 g/mol. The van der Waals surface area contributed by atoms with Gasteiger partial charge >= 0.3 is 0 Å². The molecule has 1 heterocycles. The van der Waals surface area contributed by atoms with Crippen LogP contribution in [0.5, 0.6) is 0 Å². The summed E-state index contributed by atoms with van der Waals surface area (Å²) < 4.78 is 0. The van der Waals surface area contributed by atoms with E-state index in [1.165, 1.54) is 31.3 Å². The molecule has 0 aromatic rings. The van der Waals surface area contributed by atoms with Crippen molar-refractivity contribution in [3.63, 3.8) is 0 Å². The second kappa shape index (κ2) is 2.49. The fraction of sp³-hybridized carbons (Fsp3) is 1.00. The van der Waals surface area contributed by atoms with Gasteiger partial charge in [-0.25, -0.2) is 0 Å². The summed E-state index contributed by atoms with van der Waals surface area (Å²) in [5, 5.41) is 0. The van der Waals surface area contributed by atoms with E-state index < -0.39 is 6.04 Å². The highest BCUT2D eigenvalue weighted by Gasteiger charge is 2.23. The van der Waals surface area contributed by atoms with Crippen molar-refractivity contribution in [1.82, 2.24) is 0 Å². The maximum absolute atomic E-state index is 5.44. The van der Waals surface area contributed by atoms with Crippen LogP contribution in [0.1, 0.15) is 19.8 Å². The third-order valence-electron chi connectivity index (χ3n) is 1.76. The van der Waals surface area contributed by atoms with Gasteiger partial charge in [-0.2, -0.15) is 0 Å². The topological polar surface area (TPSA) is 0 Å². The Morgan fingerprint density at radius 2 is 2.12 bits per heavy atom. The number of hydrogen-bond donors (Lipinski definition) is 0. The third kappa shape index (κ3) is 1.33. The first kappa shape index (κ1) is 6.77. The molecule has 1 fully saturated rings. The molecule has 1 aliphatic heterocycles. The summed E-state index contributed by atoms with van der Waals surface area (Å²) in [6, 6.07) is -0.660. The van der Waals surface area contributed by atoms with Gasteiger partial charge in [0, 0.05) is 0 Å². The fourth-order valence-corrected chi connectivity index (χ4v) is 4.75. The van der Waals surface area contributed by atoms with Crippen LogP contribution >= 0.6 is 6.04 Å². The second-order valence-electron chi connectivity index (χ2n) is 2.58. The average molecular weight is 148 g/mol. The first-order valence-electron chi connectivity index (χ1n) is 3.34. The minimum absolute atomic E-state index is 0.660. The van der Waals surface area contributed by atoms with Crippen molar-refractivity contribution >= 4 is 17.8 Å². The monoisotopic (exact) mass is 148 g/mol. The van der Waals surface area contributed by atoms with E-state index in [1.54, 1.807) is 0 Å². The second-order valence-corrected chi connectivity index (χ2v) is 8.36. The highest BCUT2D eigenvalue weighted by atomic mass is 32.4. The zero-order valence-corrected chi connectivity index (χ0v) is 7.10. The standard InChI is InChI=1S/C6H13PS/c1-2-4-7(8)5-3-6-7/h2-6H2,1H3. The van der Waals surface area contributed by atoms with Crippen LogP contribution in [0.15, 0.2) is 0 Å². The Kier molecular flexibility index (Phi) is 2.11. The SMILES string of the molecule is CCCP1(=S)CCC1. The molecule has 0 saturated carbocycles. The molecule has 1 aliphatic rings. The van der Waals surface area contributed by atoms with Crippen LogP contribution in [-0.4, -0.2) is 18.5 Å². The van der Waals surface area contributed by atoms with Gasteiger partial charge in [-0.3, -0.25) is 0 Å². The summed E-state index contributed by atoms with van der Waals surface area (Å²) in [5.41, 5.74) is 0. The van der Waals surface area contributed by atoms with Gasteiger partial charge in [-0.1, -0.05) is 25.2 Å². The lowest BCUT2D eigenvalue weighted by Gasteiger charge is -2.30. The van der Waals surface area contributed by atoms with Crippen LogP contribution < -0.4 is 0 Å². The van der Waals surface area contributed by atoms with Crippen molar-refractivity contribution in [2.75, 3.05) is 18.5 Å². The highest BCUT2D eigenvalue weighted by Crippen LogP contribution is 2.55. The molecule has 0 aromatic heterocycles. The predicted octanol–water partition coefficient (Wildman–Crippen LogP) is 2.28. The van der Waals surface area contributed by atoms with Crippen molar-refractivity contribution in [3.8, 4) is 0 Å². The normalized spacial score (nSPS) is 24.6. The van der Waals surface area contributed by atoms with E-state index in [0.29, 0.717) is 0 Å². The molecule has 1 rings (SSSR count). The molecule has 1 saturated heterocycles. The summed E-state index contributed by atoms with van der Waals surface area (Å²) in [5.74, 6) is 0. The molecule has 0 amide bonds. The minimum Gasteiger partial charge on any atom is -0.0975 e. The Morgan fingerprint density at radius 3 is 2.25 bits per heavy atom. The predicted molar refractivity (Wildman–Crippen MR) is 43.8 cm³/mol. The molecule has 0 aliphatic carbocycles. The van der Waals surface area contributed by atoms with E-state index in [-0.39, 0.29) is 0 Å². The Hall–Kier alpha value is 0.650. The molecule has 0 atom stereocenters. The average Bonchev–Trinajstić information content (AvgIpc) is 1.64. The molecule has 0 unspecified atom stereocenters. The molecule has 48 valence electrons. The van der Waals surface area contributed by atoms with Crippen molar-refractivity contribution in [1.29, 1.82) is 0 Å². The van der Waals surface area contributed by atoms with Gasteiger partial charge in [0.2, 0.25) is 0 Å². The van der Waals surface area contributed by atoms with Crippen LogP contribution in [0.2, 0.25) is 0 Å². The zero-order valence-electron chi connectivity index (χ0n) is 5.39. The molecule has 0 aromatic carbocycles. The lowest BCUT2D eigenvalue weighted by Crippen LogP contribution is -2.10. The summed E-state index contributed by atoms with van der Waals surface area (Å²) in [6.45, 7) is 2.24. The largest absolute Gasteiger partial charge is 0.0975 e. The van der Waals surface area contributed by atoms with Crippen molar-refractivity contribution in [2.45, 2.75) is 19.8 Å². The van der Waals surface area contributed by atoms with Gasteiger partial charge in [0.25, 0.3) is 0 Å². The minimum atomic E-state index is -0.660. The van der Waals surface area contributed by atoms with Crippen LogP contribution in [0.25, 0.3) is 0 Å². The zero-order chi connectivity index (χ0) is 6.04. The van der Waals surface area contributed by atoms with Gasteiger partial charge in [-0.05, 0) is 30.9 Å².